The molecular formula is C16H22N2O2. The molecule has 20 heavy (non-hydrogen) atoms. The number of fused-ring (bicyclic) bond motifs is 1. The third-order valence-electron chi connectivity index (χ3n) is 3.50. The first-order valence-electron chi connectivity index (χ1n) is 6.96. The van der Waals surface area contributed by atoms with Crippen molar-refractivity contribution in [1.82, 2.24) is 4.98 Å². The molecule has 0 amide bonds. The van der Waals surface area contributed by atoms with Gasteiger partial charge in [-0.05, 0) is 26.0 Å². The first-order valence-corrected chi connectivity index (χ1v) is 6.96. The highest BCUT2D eigenvalue weighted by molar-refractivity contribution is 5.81. The molecule has 1 aromatic carbocycles. The normalized spacial score (nSPS) is 12.6. The molecule has 0 aliphatic rings. The molecule has 1 aromatic heterocycles. The summed E-state index contributed by atoms with van der Waals surface area (Å²) in [6.45, 7) is 5.63. The molecule has 0 spiro atoms. The van der Waals surface area contributed by atoms with Crippen LogP contribution in [-0.2, 0) is 11.3 Å². The van der Waals surface area contributed by atoms with Crippen LogP contribution in [0.5, 0.6) is 0 Å². The van der Waals surface area contributed by atoms with Crippen LogP contribution < -0.4 is 4.90 Å². The molecular weight excluding hydrogens is 252 g/mol. The van der Waals surface area contributed by atoms with E-state index < -0.39 is 0 Å². The van der Waals surface area contributed by atoms with E-state index in [0.717, 1.165) is 28.8 Å². The van der Waals surface area contributed by atoms with E-state index >= 15 is 0 Å². The summed E-state index contributed by atoms with van der Waals surface area (Å²) in [6.07, 6.45) is 0. The number of anilines is 1. The smallest absolute Gasteiger partial charge is 0.135 e. The Bertz CT molecular complexity index is 571. The van der Waals surface area contributed by atoms with Crippen LogP contribution >= 0.6 is 0 Å². The monoisotopic (exact) mass is 274 g/mol. The fourth-order valence-corrected chi connectivity index (χ4v) is 2.52. The molecule has 0 fully saturated rings. The fraction of sp³-hybridized carbons (Fsp3) is 0.438. The van der Waals surface area contributed by atoms with Gasteiger partial charge < -0.3 is 14.7 Å². The van der Waals surface area contributed by atoms with Crippen LogP contribution in [0.1, 0.15) is 19.4 Å². The molecule has 1 heterocycles. The van der Waals surface area contributed by atoms with Gasteiger partial charge in [0.05, 0.1) is 24.8 Å². The number of nitrogens with zero attached hydrogens (tertiary/aromatic N) is 2. The van der Waals surface area contributed by atoms with Crippen LogP contribution in [0.3, 0.4) is 0 Å². The summed E-state index contributed by atoms with van der Waals surface area (Å²) in [5.74, 6) is 0.846. The lowest BCUT2D eigenvalue weighted by Gasteiger charge is -2.30. The van der Waals surface area contributed by atoms with E-state index in [2.05, 4.69) is 18.7 Å². The van der Waals surface area contributed by atoms with E-state index in [1.54, 1.807) is 7.11 Å². The molecule has 0 saturated heterocycles. The standard InChI is InChI=1S/C16H22N2O2/c1-4-18(12(2)11-20-3)16-14(10-19)9-13-7-5-6-8-15(13)17-16/h5-9,12,19H,4,10-11H2,1-3H3. The number of ether oxygens (including phenoxy) is 1. The van der Waals surface area contributed by atoms with E-state index in [4.69, 9.17) is 9.72 Å². The summed E-state index contributed by atoms with van der Waals surface area (Å²) in [5.41, 5.74) is 1.80. The van der Waals surface area contributed by atoms with Gasteiger partial charge in [-0.2, -0.15) is 0 Å². The zero-order valence-corrected chi connectivity index (χ0v) is 12.3. The number of rotatable bonds is 6. The Kier molecular flexibility index (Phi) is 4.93. The van der Waals surface area contributed by atoms with Crippen LogP contribution in [0.2, 0.25) is 0 Å². The van der Waals surface area contributed by atoms with Gasteiger partial charge in [0, 0.05) is 24.6 Å². The number of aliphatic hydroxyl groups excluding tert-OH is 1. The fourth-order valence-electron chi connectivity index (χ4n) is 2.52. The molecule has 2 rings (SSSR count). The van der Waals surface area contributed by atoms with Crippen LogP contribution in [0.4, 0.5) is 5.82 Å². The number of aliphatic hydroxyl groups is 1. The van der Waals surface area contributed by atoms with Gasteiger partial charge in [-0.15, -0.1) is 0 Å². The van der Waals surface area contributed by atoms with Crippen molar-refractivity contribution in [3.8, 4) is 0 Å². The Morgan fingerprint density at radius 2 is 2.10 bits per heavy atom. The first kappa shape index (κ1) is 14.8. The molecule has 0 bridgehead atoms. The molecule has 1 atom stereocenters. The number of aromatic nitrogens is 1. The number of pyridine rings is 1. The van der Waals surface area contributed by atoms with Crippen LogP contribution in [-0.4, -0.2) is 36.4 Å². The summed E-state index contributed by atoms with van der Waals surface area (Å²) < 4.78 is 5.24. The van der Waals surface area contributed by atoms with Gasteiger partial charge in [0.1, 0.15) is 5.82 Å². The Morgan fingerprint density at radius 3 is 2.75 bits per heavy atom. The van der Waals surface area contributed by atoms with Gasteiger partial charge in [-0.3, -0.25) is 0 Å². The number of hydrogen-bond donors (Lipinski definition) is 1. The highest BCUT2D eigenvalue weighted by atomic mass is 16.5. The van der Waals surface area contributed by atoms with Crippen LogP contribution in [0, 0.1) is 0 Å². The minimum Gasteiger partial charge on any atom is -0.392 e. The lowest BCUT2D eigenvalue weighted by atomic mass is 10.1. The van der Waals surface area contributed by atoms with Crippen molar-refractivity contribution in [1.29, 1.82) is 0 Å². The van der Waals surface area contributed by atoms with Gasteiger partial charge in [0.25, 0.3) is 0 Å². The molecule has 1 unspecified atom stereocenters. The summed E-state index contributed by atoms with van der Waals surface area (Å²) in [7, 11) is 1.70. The number of methoxy groups -OCH3 is 1. The molecule has 1 N–H and O–H groups in total. The highest BCUT2D eigenvalue weighted by Gasteiger charge is 2.18. The van der Waals surface area contributed by atoms with Crippen molar-refractivity contribution in [2.75, 3.05) is 25.2 Å². The zero-order valence-electron chi connectivity index (χ0n) is 12.3. The van der Waals surface area contributed by atoms with E-state index in [9.17, 15) is 5.11 Å². The first-order chi connectivity index (χ1) is 9.71. The average molecular weight is 274 g/mol. The second kappa shape index (κ2) is 6.68. The summed E-state index contributed by atoms with van der Waals surface area (Å²) in [5, 5.41) is 10.7. The summed E-state index contributed by atoms with van der Waals surface area (Å²) in [6, 6.07) is 10.2. The molecule has 4 heteroatoms. The SMILES string of the molecule is CCN(c1nc2ccccc2cc1CO)C(C)COC. The molecule has 108 valence electrons. The number of benzene rings is 1. The predicted octanol–water partition coefficient (Wildman–Crippen LogP) is 2.59. The quantitative estimate of drug-likeness (QED) is 0.879. The Hall–Kier alpha value is -1.65. The Balaban J connectivity index is 2.49. The van der Waals surface area contributed by atoms with Gasteiger partial charge in [-0.1, -0.05) is 18.2 Å². The zero-order chi connectivity index (χ0) is 14.5. The summed E-state index contributed by atoms with van der Waals surface area (Å²) >= 11 is 0. The minimum absolute atomic E-state index is 0.0105. The molecule has 0 saturated carbocycles. The van der Waals surface area contributed by atoms with Crippen LogP contribution in [0.15, 0.2) is 30.3 Å². The topological polar surface area (TPSA) is 45.6 Å². The van der Waals surface area contributed by atoms with E-state index in [1.807, 2.05) is 30.3 Å². The van der Waals surface area contributed by atoms with E-state index in [0.29, 0.717) is 6.61 Å². The van der Waals surface area contributed by atoms with E-state index in [-0.39, 0.29) is 12.6 Å². The second-order valence-corrected chi connectivity index (χ2v) is 4.91. The Morgan fingerprint density at radius 1 is 1.35 bits per heavy atom. The molecule has 0 aliphatic carbocycles. The van der Waals surface area contributed by atoms with Gasteiger partial charge >= 0.3 is 0 Å². The van der Waals surface area contributed by atoms with Crippen molar-refractivity contribution in [3.63, 3.8) is 0 Å². The summed E-state index contributed by atoms with van der Waals surface area (Å²) in [4.78, 5) is 6.90. The van der Waals surface area contributed by atoms with Crippen molar-refractivity contribution < 1.29 is 9.84 Å². The third-order valence-corrected chi connectivity index (χ3v) is 3.50. The average Bonchev–Trinajstić information content (AvgIpc) is 2.47. The molecule has 0 aliphatic heterocycles. The van der Waals surface area contributed by atoms with Crippen LogP contribution in [0.25, 0.3) is 10.9 Å². The highest BCUT2D eigenvalue weighted by Crippen LogP contribution is 2.25. The largest absolute Gasteiger partial charge is 0.392 e. The van der Waals surface area contributed by atoms with Gasteiger partial charge in [-0.25, -0.2) is 4.98 Å². The maximum atomic E-state index is 9.64. The van der Waals surface area contributed by atoms with Gasteiger partial charge in [0.2, 0.25) is 0 Å². The number of likely N-dealkylation sites (N-methyl/N-ethyl adjacent to an activating group) is 1. The maximum Gasteiger partial charge on any atom is 0.135 e. The predicted molar refractivity (Wildman–Crippen MR) is 82.0 cm³/mol. The number of para-hydroxylation sites is 1. The van der Waals surface area contributed by atoms with Crippen molar-refractivity contribution >= 4 is 16.7 Å². The van der Waals surface area contributed by atoms with Gasteiger partial charge in [0.15, 0.2) is 0 Å². The lowest BCUT2D eigenvalue weighted by molar-refractivity contribution is 0.181. The second-order valence-electron chi connectivity index (χ2n) is 4.91. The maximum absolute atomic E-state index is 9.64. The lowest BCUT2D eigenvalue weighted by Crippen LogP contribution is -2.37. The Labute approximate surface area is 120 Å². The van der Waals surface area contributed by atoms with Crippen molar-refractivity contribution in [2.45, 2.75) is 26.5 Å². The molecule has 0 radical (unpaired) electrons. The van der Waals surface area contributed by atoms with Crippen molar-refractivity contribution in [3.05, 3.63) is 35.9 Å². The third kappa shape index (κ3) is 2.92. The van der Waals surface area contributed by atoms with Crippen molar-refractivity contribution in [2.24, 2.45) is 0 Å². The molecule has 4 nitrogen and oxygen atoms in total. The minimum atomic E-state index is -0.0105. The molecule has 2 aromatic rings. The number of hydrogen-bond acceptors (Lipinski definition) is 4. The van der Waals surface area contributed by atoms with E-state index in [1.165, 1.54) is 0 Å².